The molecule has 0 aliphatic carbocycles. The Labute approximate surface area is 151 Å². The van der Waals surface area contributed by atoms with Gasteiger partial charge in [0.25, 0.3) is 0 Å². The summed E-state index contributed by atoms with van der Waals surface area (Å²) >= 11 is 1.29. The van der Waals surface area contributed by atoms with Crippen molar-refractivity contribution in [1.29, 1.82) is 0 Å². The fourth-order valence-corrected chi connectivity index (χ4v) is 2.77. The molecular weight excluding hydrogens is 340 g/mol. The third-order valence-electron chi connectivity index (χ3n) is 3.27. The molecule has 1 amide bonds. The summed E-state index contributed by atoms with van der Waals surface area (Å²) in [5, 5.41) is 4.97. The van der Waals surface area contributed by atoms with Crippen LogP contribution < -0.4 is 10.1 Å². The maximum Gasteiger partial charge on any atom is 0.311 e. The summed E-state index contributed by atoms with van der Waals surface area (Å²) in [7, 11) is 0. The van der Waals surface area contributed by atoms with Gasteiger partial charge in [-0.05, 0) is 32.4 Å². The molecule has 1 N–H and O–H groups in total. The summed E-state index contributed by atoms with van der Waals surface area (Å²) < 4.78 is 10.5. The number of hydrogen-bond acceptors (Lipinski definition) is 6. The lowest BCUT2D eigenvalue weighted by Crippen LogP contribution is -2.13. The molecule has 0 radical (unpaired) electrons. The zero-order valence-electron chi connectivity index (χ0n) is 14.4. The van der Waals surface area contributed by atoms with Crippen LogP contribution in [0.2, 0.25) is 0 Å². The minimum absolute atomic E-state index is 0.116. The van der Waals surface area contributed by atoms with Crippen LogP contribution >= 0.6 is 11.3 Å². The number of rotatable bonds is 9. The first-order valence-electron chi connectivity index (χ1n) is 8.16. The molecule has 2 rings (SSSR count). The largest absolute Gasteiger partial charge is 0.494 e. The van der Waals surface area contributed by atoms with Gasteiger partial charge in [0.15, 0.2) is 5.13 Å². The van der Waals surface area contributed by atoms with Crippen LogP contribution in [0.5, 0.6) is 5.75 Å². The van der Waals surface area contributed by atoms with E-state index in [2.05, 4.69) is 10.3 Å². The molecule has 7 heteroatoms. The number of nitrogens with one attached hydrogen (secondary N) is 1. The normalized spacial score (nSPS) is 10.3. The predicted molar refractivity (Wildman–Crippen MR) is 97.0 cm³/mol. The highest BCUT2D eigenvalue weighted by atomic mass is 32.1. The van der Waals surface area contributed by atoms with Crippen LogP contribution in [0.3, 0.4) is 0 Å². The van der Waals surface area contributed by atoms with Gasteiger partial charge in [0.2, 0.25) is 5.91 Å². The summed E-state index contributed by atoms with van der Waals surface area (Å²) in [4.78, 5) is 27.5. The second kappa shape index (κ2) is 9.78. The van der Waals surface area contributed by atoms with E-state index < -0.39 is 0 Å². The van der Waals surface area contributed by atoms with E-state index in [-0.39, 0.29) is 18.3 Å². The number of carbonyl (C=O) groups excluding carboxylic acids is 2. The molecule has 6 nitrogen and oxygen atoms in total. The molecule has 134 valence electrons. The number of carbonyl (C=O) groups is 2. The van der Waals surface area contributed by atoms with E-state index in [9.17, 15) is 9.59 Å². The Balaban J connectivity index is 1.67. The van der Waals surface area contributed by atoms with Gasteiger partial charge in [0, 0.05) is 11.8 Å². The van der Waals surface area contributed by atoms with Gasteiger partial charge in [-0.15, -0.1) is 11.3 Å². The maximum atomic E-state index is 11.9. The number of ether oxygens (including phenoxy) is 2. The van der Waals surface area contributed by atoms with E-state index in [1.807, 2.05) is 31.2 Å². The van der Waals surface area contributed by atoms with Crippen molar-refractivity contribution in [2.45, 2.75) is 33.1 Å². The number of amides is 1. The standard InChI is InChI=1S/C18H22N2O4S/c1-3-23-17(22)11-14-12-25-18(19-14)20-16(21)5-4-10-24-15-8-6-13(2)7-9-15/h6-9,12H,3-5,10-11H2,1-2H3,(H,19,20,21). The van der Waals surface area contributed by atoms with E-state index in [1.165, 1.54) is 16.9 Å². The summed E-state index contributed by atoms with van der Waals surface area (Å²) in [6, 6.07) is 7.79. The molecule has 1 aromatic carbocycles. The van der Waals surface area contributed by atoms with E-state index in [1.54, 1.807) is 12.3 Å². The Bertz CT molecular complexity index is 697. The smallest absolute Gasteiger partial charge is 0.311 e. The molecule has 2 aromatic rings. The predicted octanol–water partition coefficient (Wildman–Crippen LogP) is 3.35. The fourth-order valence-electron chi connectivity index (χ4n) is 2.04. The van der Waals surface area contributed by atoms with Crippen molar-refractivity contribution < 1.29 is 19.1 Å². The molecule has 0 saturated heterocycles. The number of anilines is 1. The monoisotopic (exact) mass is 362 g/mol. The lowest BCUT2D eigenvalue weighted by molar-refractivity contribution is -0.142. The second-order valence-electron chi connectivity index (χ2n) is 5.44. The topological polar surface area (TPSA) is 77.5 Å². The van der Waals surface area contributed by atoms with Gasteiger partial charge in [0.05, 0.1) is 25.3 Å². The highest BCUT2D eigenvalue weighted by molar-refractivity contribution is 7.13. The number of thiazole rings is 1. The molecule has 0 spiro atoms. The first-order valence-corrected chi connectivity index (χ1v) is 9.04. The van der Waals surface area contributed by atoms with Crippen LogP contribution in [0.15, 0.2) is 29.6 Å². The van der Waals surface area contributed by atoms with Crippen molar-refractivity contribution in [2.24, 2.45) is 0 Å². The molecule has 0 atom stereocenters. The Kier molecular flexibility index (Phi) is 7.40. The number of nitrogens with zero attached hydrogens (tertiary/aromatic N) is 1. The van der Waals surface area contributed by atoms with E-state index in [0.717, 1.165) is 5.75 Å². The van der Waals surface area contributed by atoms with Crippen molar-refractivity contribution in [2.75, 3.05) is 18.5 Å². The molecule has 0 aliphatic heterocycles. The van der Waals surface area contributed by atoms with Crippen molar-refractivity contribution in [3.63, 3.8) is 0 Å². The van der Waals surface area contributed by atoms with E-state index >= 15 is 0 Å². The van der Waals surface area contributed by atoms with E-state index in [0.29, 0.717) is 36.9 Å². The molecular formula is C18H22N2O4S. The highest BCUT2D eigenvalue weighted by Gasteiger charge is 2.10. The average molecular weight is 362 g/mol. The summed E-state index contributed by atoms with van der Waals surface area (Å²) in [5.74, 6) is 0.359. The van der Waals surface area contributed by atoms with Crippen LogP contribution in [-0.4, -0.2) is 30.1 Å². The van der Waals surface area contributed by atoms with Gasteiger partial charge in [-0.1, -0.05) is 17.7 Å². The van der Waals surface area contributed by atoms with Gasteiger partial charge < -0.3 is 14.8 Å². The summed E-state index contributed by atoms with van der Waals surface area (Å²) in [6.45, 7) is 4.59. The lowest BCUT2D eigenvalue weighted by atomic mass is 10.2. The Morgan fingerprint density at radius 3 is 2.72 bits per heavy atom. The van der Waals surface area contributed by atoms with Crippen molar-refractivity contribution in [3.05, 3.63) is 40.9 Å². The van der Waals surface area contributed by atoms with Gasteiger partial charge in [-0.3, -0.25) is 9.59 Å². The van der Waals surface area contributed by atoms with Crippen LogP contribution in [0, 0.1) is 6.92 Å². The van der Waals surface area contributed by atoms with Gasteiger partial charge in [-0.2, -0.15) is 0 Å². The lowest BCUT2D eigenvalue weighted by Gasteiger charge is -2.06. The molecule has 1 aromatic heterocycles. The first kappa shape index (κ1) is 18.9. The summed E-state index contributed by atoms with van der Waals surface area (Å²) in [6.07, 6.45) is 1.07. The molecule has 0 saturated carbocycles. The quantitative estimate of drug-likeness (QED) is 0.547. The number of aromatic nitrogens is 1. The summed E-state index contributed by atoms with van der Waals surface area (Å²) in [5.41, 5.74) is 1.78. The fraction of sp³-hybridized carbons (Fsp3) is 0.389. The Morgan fingerprint density at radius 2 is 2.00 bits per heavy atom. The van der Waals surface area contributed by atoms with Crippen LogP contribution in [0.4, 0.5) is 5.13 Å². The minimum Gasteiger partial charge on any atom is -0.494 e. The zero-order valence-corrected chi connectivity index (χ0v) is 15.2. The Hall–Kier alpha value is -2.41. The molecule has 0 unspecified atom stereocenters. The van der Waals surface area contributed by atoms with Gasteiger partial charge >= 0.3 is 5.97 Å². The molecule has 0 fully saturated rings. The van der Waals surface area contributed by atoms with Crippen LogP contribution in [-0.2, 0) is 20.7 Å². The average Bonchev–Trinajstić information content (AvgIpc) is 3.00. The van der Waals surface area contributed by atoms with Gasteiger partial charge in [0.1, 0.15) is 5.75 Å². The first-order chi connectivity index (χ1) is 12.1. The van der Waals surface area contributed by atoms with E-state index in [4.69, 9.17) is 9.47 Å². The van der Waals surface area contributed by atoms with Crippen LogP contribution in [0.25, 0.3) is 0 Å². The molecule has 25 heavy (non-hydrogen) atoms. The molecule has 0 bridgehead atoms. The second-order valence-corrected chi connectivity index (χ2v) is 6.30. The van der Waals surface area contributed by atoms with Gasteiger partial charge in [-0.25, -0.2) is 4.98 Å². The number of benzene rings is 1. The SMILES string of the molecule is CCOC(=O)Cc1csc(NC(=O)CCCOc2ccc(C)cc2)n1. The molecule has 0 aliphatic rings. The number of aryl methyl sites for hydroxylation is 1. The van der Waals surface area contributed by atoms with Crippen molar-refractivity contribution >= 4 is 28.3 Å². The maximum absolute atomic E-state index is 11.9. The zero-order chi connectivity index (χ0) is 18.1. The number of hydrogen-bond donors (Lipinski definition) is 1. The highest BCUT2D eigenvalue weighted by Crippen LogP contribution is 2.17. The Morgan fingerprint density at radius 1 is 1.24 bits per heavy atom. The minimum atomic E-state index is -0.320. The van der Waals surface area contributed by atoms with Crippen molar-refractivity contribution in [1.82, 2.24) is 4.98 Å². The van der Waals surface area contributed by atoms with Crippen LogP contribution in [0.1, 0.15) is 31.0 Å². The third kappa shape index (κ3) is 6.93. The number of esters is 1. The molecule has 1 heterocycles. The van der Waals surface area contributed by atoms with Crippen molar-refractivity contribution in [3.8, 4) is 5.75 Å². The third-order valence-corrected chi connectivity index (χ3v) is 4.07.